The summed E-state index contributed by atoms with van der Waals surface area (Å²) in [5.74, 6) is 2.63. The number of imidazole rings is 1. The van der Waals surface area contributed by atoms with Gasteiger partial charge in [0.1, 0.15) is 11.6 Å². The normalized spacial score (nSPS) is 12.5. The molecule has 1 heterocycles. The molecule has 0 aliphatic carbocycles. The van der Waals surface area contributed by atoms with Gasteiger partial charge in [0.15, 0.2) is 0 Å². The molecule has 3 heteroatoms. The number of nitrogens with zero attached hydrogens (tertiary/aromatic N) is 2. The lowest BCUT2D eigenvalue weighted by Crippen LogP contribution is -2.06. The van der Waals surface area contributed by atoms with Gasteiger partial charge < -0.3 is 9.30 Å². The van der Waals surface area contributed by atoms with Crippen molar-refractivity contribution in [3.63, 3.8) is 0 Å². The standard InChI is InChI=1S/C23H30N2O/c1-6-16(2)20-8-10-21(11-9-20)26-13-7-12-25-19(5)24-22-14-17(3)18(4)15-23(22)25/h8-11,14-16H,6-7,12-13H2,1-5H3. The highest BCUT2D eigenvalue weighted by atomic mass is 16.5. The minimum atomic E-state index is 0.605. The van der Waals surface area contributed by atoms with Crippen LogP contribution in [-0.2, 0) is 6.54 Å². The molecule has 1 aromatic heterocycles. The largest absolute Gasteiger partial charge is 0.494 e. The molecular formula is C23H30N2O. The number of benzene rings is 2. The summed E-state index contributed by atoms with van der Waals surface area (Å²) in [5, 5.41) is 0. The highest BCUT2D eigenvalue weighted by Gasteiger charge is 2.09. The first kappa shape index (κ1) is 18.5. The number of aromatic nitrogens is 2. The molecule has 1 unspecified atom stereocenters. The van der Waals surface area contributed by atoms with Gasteiger partial charge >= 0.3 is 0 Å². The average Bonchev–Trinajstić information content (AvgIpc) is 2.93. The summed E-state index contributed by atoms with van der Waals surface area (Å²) in [5.41, 5.74) is 6.31. The summed E-state index contributed by atoms with van der Waals surface area (Å²) in [6.45, 7) is 12.5. The summed E-state index contributed by atoms with van der Waals surface area (Å²) in [4.78, 5) is 4.71. The van der Waals surface area contributed by atoms with Crippen molar-refractivity contribution in [2.24, 2.45) is 0 Å². The zero-order valence-corrected chi connectivity index (χ0v) is 16.7. The van der Waals surface area contributed by atoms with Crippen LogP contribution in [0.1, 0.15) is 55.1 Å². The Bertz CT molecular complexity index is 877. The van der Waals surface area contributed by atoms with Crippen LogP contribution in [0.5, 0.6) is 5.75 Å². The Morgan fingerprint density at radius 3 is 2.42 bits per heavy atom. The van der Waals surface area contributed by atoms with Crippen molar-refractivity contribution in [3.05, 3.63) is 58.9 Å². The molecule has 1 atom stereocenters. The van der Waals surface area contributed by atoms with E-state index in [0.29, 0.717) is 12.5 Å². The van der Waals surface area contributed by atoms with Crippen LogP contribution in [0.3, 0.4) is 0 Å². The SMILES string of the molecule is CCC(C)c1ccc(OCCCn2c(C)nc3cc(C)c(C)cc32)cc1. The van der Waals surface area contributed by atoms with E-state index in [1.54, 1.807) is 0 Å². The van der Waals surface area contributed by atoms with E-state index in [1.807, 2.05) is 0 Å². The van der Waals surface area contributed by atoms with Crippen molar-refractivity contribution < 1.29 is 4.74 Å². The number of fused-ring (bicyclic) bond motifs is 1. The summed E-state index contributed by atoms with van der Waals surface area (Å²) >= 11 is 0. The molecule has 0 radical (unpaired) electrons. The van der Waals surface area contributed by atoms with Crippen LogP contribution in [0.25, 0.3) is 11.0 Å². The molecule has 3 nitrogen and oxygen atoms in total. The van der Waals surface area contributed by atoms with Crippen LogP contribution in [0.2, 0.25) is 0 Å². The van der Waals surface area contributed by atoms with Crippen LogP contribution < -0.4 is 4.74 Å². The molecule has 2 aromatic carbocycles. The lowest BCUT2D eigenvalue weighted by molar-refractivity contribution is 0.302. The van der Waals surface area contributed by atoms with E-state index >= 15 is 0 Å². The van der Waals surface area contributed by atoms with Crippen molar-refractivity contribution in [3.8, 4) is 5.75 Å². The molecule has 26 heavy (non-hydrogen) atoms. The first-order valence-corrected chi connectivity index (χ1v) is 9.66. The summed E-state index contributed by atoms with van der Waals surface area (Å²) in [6.07, 6.45) is 2.13. The molecule has 0 spiro atoms. The molecule has 3 rings (SSSR count). The first-order valence-electron chi connectivity index (χ1n) is 9.66. The van der Waals surface area contributed by atoms with Gasteiger partial charge in [-0.3, -0.25) is 0 Å². The van der Waals surface area contributed by atoms with Gasteiger partial charge in [-0.1, -0.05) is 26.0 Å². The molecule has 0 fully saturated rings. The van der Waals surface area contributed by atoms with Crippen molar-refractivity contribution in [2.45, 2.75) is 59.9 Å². The topological polar surface area (TPSA) is 27.1 Å². The number of hydrogen-bond acceptors (Lipinski definition) is 2. The Morgan fingerprint density at radius 1 is 1.04 bits per heavy atom. The molecule has 138 valence electrons. The molecular weight excluding hydrogens is 320 g/mol. The van der Waals surface area contributed by atoms with Gasteiger partial charge in [-0.2, -0.15) is 0 Å². The summed E-state index contributed by atoms with van der Waals surface area (Å²) < 4.78 is 8.24. The maximum absolute atomic E-state index is 5.93. The van der Waals surface area contributed by atoms with Gasteiger partial charge in [0.05, 0.1) is 17.6 Å². The Kier molecular flexibility index (Phi) is 5.65. The average molecular weight is 351 g/mol. The Hall–Kier alpha value is -2.29. The second kappa shape index (κ2) is 7.94. The number of rotatable bonds is 7. The molecule has 0 aliphatic heterocycles. The molecule has 3 aromatic rings. The molecule has 0 saturated heterocycles. The quantitative estimate of drug-likeness (QED) is 0.493. The summed E-state index contributed by atoms with van der Waals surface area (Å²) in [6, 6.07) is 13.0. The van der Waals surface area contributed by atoms with E-state index < -0.39 is 0 Å². The van der Waals surface area contributed by atoms with Crippen molar-refractivity contribution in [2.75, 3.05) is 6.61 Å². The van der Waals surface area contributed by atoms with E-state index in [1.165, 1.54) is 22.2 Å². The van der Waals surface area contributed by atoms with E-state index in [9.17, 15) is 0 Å². The third-order valence-corrected chi connectivity index (χ3v) is 5.41. The van der Waals surface area contributed by atoms with E-state index in [4.69, 9.17) is 9.72 Å². The monoisotopic (exact) mass is 350 g/mol. The second-order valence-corrected chi connectivity index (χ2v) is 7.32. The zero-order valence-electron chi connectivity index (χ0n) is 16.7. The van der Waals surface area contributed by atoms with E-state index in [-0.39, 0.29) is 0 Å². The number of aryl methyl sites for hydroxylation is 4. The fourth-order valence-electron chi connectivity index (χ4n) is 3.32. The van der Waals surface area contributed by atoms with Crippen LogP contribution in [0.4, 0.5) is 0 Å². The molecule has 0 N–H and O–H groups in total. The van der Waals surface area contributed by atoms with Gasteiger partial charge in [-0.25, -0.2) is 4.98 Å². The smallest absolute Gasteiger partial charge is 0.119 e. The Labute approximate surface area is 157 Å². The third-order valence-electron chi connectivity index (χ3n) is 5.41. The minimum Gasteiger partial charge on any atom is -0.494 e. The van der Waals surface area contributed by atoms with Crippen molar-refractivity contribution >= 4 is 11.0 Å². The van der Waals surface area contributed by atoms with Crippen molar-refractivity contribution in [1.29, 1.82) is 0 Å². The van der Waals surface area contributed by atoms with E-state index in [2.05, 4.69) is 75.6 Å². The minimum absolute atomic E-state index is 0.605. The van der Waals surface area contributed by atoms with Crippen LogP contribution >= 0.6 is 0 Å². The Morgan fingerprint density at radius 2 is 1.73 bits per heavy atom. The van der Waals surface area contributed by atoms with Crippen LogP contribution in [0.15, 0.2) is 36.4 Å². The fraction of sp³-hybridized carbons (Fsp3) is 0.435. The predicted octanol–water partition coefficient (Wildman–Crippen LogP) is 5.94. The van der Waals surface area contributed by atoms with Crippen LogP contribution in [-0.4, -0.2) is 16.2 Å². The van der Waals surface area contributed by atoms with Gasteiger partial charge in [-0.15, -0.1) is 0 Å². The molecule has 0 saturated carbocycles. The maximum Gasteiger partial charge on any atom is 0.119 e. The van der Waals surface area contributed by atoms with Gasteiger partial charge in [0, 0.05) is 6.54 Å². The third kappa shape index (κ3) is 3.92. The first-order chi connectivity index (χ1) is 12.5. The van der Waals surface area contributed by atoms with Gasteiger partial charge in [0.2, 0.25) is 0 Å². The maximum atomic E-state index is 5.93. The van der Waals surface area contributed by atoms with E-state index in [0.717, 1.165) is 36.5 Å². The molecule has 0 amide bonds. The lowest BCUT2D eigenvalue weighted by atomic mass is 9.99. The summed E-state index contributed by atoms with van der Waals surface area (Å²) in [7, 11) is 0. The second-order valence-electron chi connectivity index (χ2n) is 7.32. The van der Waals surface area contributed by atoms with Gasteiger partial charge in [0.25, 0.3) is 0 Å². The fourth-order valence-corrected chi connectivity index (χ4v) is 3.32. The highest BCUT2D eigenvalue weighted by Crippen LogP contribution is 2.23. The number of ether oxygens (including phenoxy) is 1. The van der Waals surface area contributed by atoms with Crippen molar-refractivity contribution in [1.82, 2.24) is 9.55 Å². The lowest BCUT2D eigenvalue weighted by Gasteiger charge is -2.12. The zero-order chi connectivity index (χ0) is 18.7. The highest BCUT2D eigenvalue weighted by molar-refractivity contribution is 5.78. The number of hydrogen-bond donors (Lipinski definition) is 0. The van der Waals surface area contributed by atoms with Crippen LogP contribution in [0, 0.1) is 20.8 Å². The predicted molar refractivity (Wildman–Crippen MR) is 109 cm³/mol. The Balaban J connectivity index is 1.59. The van der Waals surface area contributed by atoms with Gasteiger partial charge in [-0.05, 0) is 80.5 Å². The molecule has 0 aliphatic rings. The molecule has 0 bridgehead atoms.